The molecule has 86 valence electrons. The van der Waals surface area contributed by atoms with Crippen molar-refractivity contribution in [3.05, 3.63) is 30.1 Å². The number of nitrogens with two attached hydrogens (primary N) is 1. The normalized spacial score (nSPS) is 15.3. The van der Waals surface area contributed by atoms with Crippen molar-refractivity contribution in [2.75, 3.05) is 6.54 Å². The van der Waals surface area contributed by atoms with E-state index in [1.165, 1.54) is 12.8 Å². The third-order valence-corrected chi connectivity index (χ3v) is 3.00. The Morgan fingerprint density at radius 3 is 2.88 bits per heavy atom. The second-order valence-corrected chi connectivity index (χ2v) is 4.76. The number of thiocarbonyl (C=S) groups is 1. The summed E-state index contributed by atoms with van der Waals surface area (Å²) in [5, 5.41) is 0. The molecule has 4 heteroatoms. The number of hydrogen-bond donors (Lipinski definition) is 1. The topological polar surface area (TPSA) is 42.1 Å². The quantitative estimate of drug-likeness (QED) is 0.762. The van der Waals surface area contributed by atoms with Crippen molar-refractivity contribution in [2.24, 2.45) is 5.73 Å². The Hall–Kier alpha value is -1.00. The van der Waals surface area contributed by atoms with Gasteiger partial charge in [-0.3, -0.25) is 9.88 Å². The lowest BCUT2D eigenvalue weighted by atomic mass is 10.3. The van der Waals surface area contributed by atoms with Gasteiger partial charge in [-0.15, -0.1) is 0 Å². The molecule has 3 nitrogen and oxygen atoms in total. The molecule has 16 heavy (non-hydrogen) atoms. The first kappa shape index (κ1) is 11.5. The van der Waals surface area contributed by atoms with Gasteiger partial charge in [0, 0.05) is 31.7 Å². The predicted molar refractivity (Wildman–Crippen MR) is 69.1 cm³/mol. The largest absolute Gasteiger partial charge is 0.393 e. The van der Waals surface area contributed by atoms with Gasteiger partial charge in [-0.1, -0.05) is 18.3 Å². The lowest BCUT2D eigenvalue weighted by molar-refractivity contribution is 0.259. The summed E-state index contributed by atoms with van der Waals surface area (Å²) in [4.78, 5) is 7.39. The summed E-state index contributed by atoms with van der Waals surface area (Å²) in [6.45, 7) is 1.87. The first-order valence-electron chi connectivity index (χ1n) is 5.68. The van der Waals surface area contributed by atoms with Gasteiger partial charge in [0.1, 0.15) is 0 Å². The number of nitrogens with zero attached hydrogens (tertiary/aromatic N) is 2. The Bertz CT molecular complexity index is 349. The molecule has 0 aromatic carbocycles. The molecule has 1 saturated carbocycles. The van der Waals surface area contributed by atoms with Gasteiger partial charge in [0.25, 0.3) is 0 Å². The number of aromatic nitrogens is 1. The lowest BCUT2D eigenvalue weighted by Crippen LogP contribution is -2.29. The molecule has 0 amide bonds. The van der Waals surface area contributed by atoms with Crippen molar-refractivity contribution in [1.82, 2.24) is 9.88 Å². The van der Waals surface area contributed by atoms with Gasteiger partial charge in [0.2, 0.25) is 0 Å². The van der Waals surface area contributed by atoms with E-state index in [2.05, 4.69) is 16.0 Å². The highest BCUT2D eigenvalue weighted by atomic mass is 32.1. The maximum absolute atomic E-state index is 5.54. The maximum atomic E-state index is 5.54. The van der Waals surface area contributed by atoms with E-state index < -0.39 is 0 Å². The summed E-state index contributed by atoms with van der Waals surface area (Å²) in [5.74, 6) is 0. The highest BCUT2D eigenvalue weighted by Crippen LogP contribution is 2.28. The summed E-state index contributed by atoms with van der Waals surface area (Å²) >= 11 is 4.92. The Morgan fingerprint density at radius 1 is 1.50 bits per heavy atom. The third-order valence-electron chi connectivity index (χ3n) is 2.80. The van der Waals surface area contributed by atoms with Crippen LogP contribution in [0.25, 0.3) is 0 Å². The van der Waals surface area contributed by atoms with E-state index >= 15 is 0 Å². The summed E-state index contributed by atoms with van der Waals surface area (Å²) in [7, 11) is 0. The van der Waals surface area contributed by atoms with Crippen molar-refractivity contribution < 1.29 is 0 Å². The van der Waals surface area contributed by atoms with Crippen molar-refractivity contribution in [3.63, 3.8) is 0 Å². The fourth-order valence-electron chi connectivity index (χ4n) is 1.78. The van der Waals surface area contributed by atoms with Crippen LogP contribution in [0.3, 0.4) is 0 Å². The molecule has 1 aromatic heterocycles. The van der Waals surface area contributed by atoms with Gasteiger partial charge < -0.3 is 5.73 Å². The average Bonchev–Trinajstić information content (AvgIpc) is 3.09. The van der Waals surface area contributed by atoms with Gasteiger partial charge in [0.15, 0.2) is 0 Å². The highest BCUT2D eigenvalue weighted by molar-refractivity contribution is 7.80. The van der Waals surface area contributed by atoms with Gasteiger partial charge >= 0.3 is 0 Å². The van der Waals surface area contributed by atoms with Gasteiger partial charge in [0.05, 0.1) is 10.7 Å². The molecule has 1 fully saturated rings. The first-order chi connectivity index (χ1) is 7.75. The Labute approximate surface area is 102 Å². The number of hydrogen-bond acceptors (Lipinski definition) is 3. The molecule has 1 aliphatic rings. The van der Waals surface area contributed by atoms with E-state index in [-0.39, 0.29) is 0 Å². The van der Waals surface area contributed by atoms with Gasteiger partial charge in [-0.25, -0.2) is 0 Å². The molecule has 1 heterocycles. The van der Waals surface area contributed by atoms with Crippen LogP contribution in [-0.4, -0.2) is 27.5 Å². The fraction of sp³-hybridized carbons (Fsp3) is 0.500. The van der Waals surface area contributed by atoms with Crippen molar-refractivity contribution in [2.45, 2.75) is 31.8 Å². The van der Waals surface area contributed by atoms with Crippen molar-refractivity contribution >= 4 is 17.2 Å². The van der Waals surface area contributed by atoms with Crippen LogP contribution in [0, 0.1) is 0 Å². The smallest absolute Gasteiger partial charge is 0.0740 e. The lowest BCUT2D eigenvalue weighted by Gasteiger charge is -2.21. The number of rotatable bonds is 6. The minimum absolute atomic E-state index is 0.603. The van der Waals surface area contributed by atoms with Crippen molar-refractivity contribution in [3.8, 4) is 0 Å². The second kappa shape index (κ2) is 5.37. The van der Waals surface area contributed by atoms with E-state index in [0.29, 0.717) is 4.99 Å². The second-order valence-electron chi connectivity index (χ2n) is 4.24. The molecular weight excluding hydrogens is 218 g/mol. The van der Waals surface area contributed by atoms with E-state index in [9.17, 15) is 0 Å². The fourth-order valence-corrected chi connectivity index (χ4v) is 1.88. The van der Waals surface area contributed by atoms with E-state index in [0.717, 1.165) is 31.2 Å². The molecule has 0 bridgehead atoms. The zero-order valence-electron chi connectivity index (χ0n) is 9.30. The minimum Gasteiger partial charge on any atom is -0.393 e. The molecule has 0 unspecified atom stereocenters. The van der Waals surface area contributed by atoms with Crippen LogP contribution in [0.15, 0.2) is 24.4 Å². The maximum Gasteiger partial charge on any atom is 0.0740 e. The Balaban J connectivity index is 1.90. The minimum atomic E-state index is 0.603. The van der Waals surface area contributed by atoms with Crippen LogP contribution in [0.2, 0.25) is 0 Å². The first-order valence-corrected chi connectivity index (χ1v) is 6.09. The molecule has 1 aliphatic carbocycles. The SMILES string of the molecule is NC(=S)CCN(Cc1ccccn1)C1CC1. The molecule has 2 rings (SSSR count). The van der Waals surface area contributed by atoms with Crippen LogP contribution in [0.4, 0.5) is 0 Å². The summed E-state index contributed by atoms with van der Waals surface area (Å²) in [5.41, 5.74) is 6.67. The summed E-state index contributed by atoms with van der Waals surface area (Å²) < 4.78 is 0. The number of pyridine rings is 1. The monoisotopic (exact) mass is 235 g/mol. The molecule has 0 saturated heterocycles. The molecule has 1 aromatic rings. The van der Waals surface area contributed by atoms with Crippen LogP contribution in [0.1, 0.15) is 25.0 Å². The zero-order chi connectivity index (χ0) is 11.4. The van der Waals surface area contributed by atoms with E-state index in [4.69, 9.17) is 18.0 Å². The van der Waals surface area contributed by atoms with Crippen LogP contribution >= 0.6 is 12.2 Å². The molecule has 0 spiro atoms. The van der Waals surface area contributed by atoms with Gasteiger partial charge in [-0.2, -0.15) is 0 Å². The molecule has 2 N–H and O–H groups in total. The standard InChI is InChI=1S/C12H17N3S/c13-12(16)6-8-15(11-4-5-11)9-10-3-1-2-7-14-10/h1-3,7,11H,4-6,8-9H2,(H2,13,16). The highest BCUT2D eigenvalue weighted by Gasteiger charge is 2.28. The Morgan fingerprint density at radius 2 is 2.31 bits per heavy atom. The molecule has 0 atom stereocenters. The van der Waals surface area contributed by atoms with Crippen LogP contribution < -0.4 is 5.73 Å². The van der Waals surface area contributed by atoms with Crippen LogP contribution in [0.5, 0.6) is 0 Å². The van der Waals surface area contributed by atoms with Gasteiger partial charge in [-0.05, 0) is 25.0 Å². The Kier molecular flexibility index (Phi) is 3.85. The van der Waals surface area contributed by atoms with Crippen LogP contribution in [-0.2, 0) is 6.54 Å². The molecule has 0 radical (unpaired) electrons. The predicted octanol–water partition coefficient (Wildman–Crippen LogP) is 1.72. The van der Waals surface area contributed by atoms with Crippen molar-refractivity contribution in [1.29, 1.82) is 0 Å². The third kappa shape index (κ3) is 3.54. The summed E-state index contributed by atoms with van der Waals surface area (Å²) in [6, 6.07) is 6.76. The molecular formula is C12H17N3S. The van der Waals surface area contributed by atoms with E-state index in [1.54, 1.807) is 0 Å². The zero-order valence-corrected chi connectivity index (χ0v) is 10.1. The summed E-state index contributed by atoms with van der Waals surface area (Å²) in [6.07, 6.45) is 5.24. The van der Waals surface area contributed by atoms with E-state index in [1.807, 2.05) is 18.3 Å². The average molecular weight is 235 g/mol. The molecule has 0 aliphatic heterocycles.